The monoisotopic (exact) mass is 341 g/mol. The van der Waals surface area contributed by atoms with Gasteiger partial charge >= 0.3 is 0 Å². The minimum absolute atomic E-state index is 0.100. The average molecular weight is 341 g/mol. The number of benzene rings is 1. The van der Waals surface area contributed by atoms with Crippen molar-refractivity contribution in [2.24, 2.45) is 0 Å². The van der Waals surface area contributed by atoms with Crippen LogP contribution in [0.4, 0.5) is 16.5 Å². The number of aromatic nitrogens is 2. The highest BCUT2D eigenvalue weighted by Crippen LogP contribution is 2.32. The Morgan fingerprint density at radius 3 is 2.54 bits per heavy atom. The van der Waals surface area contributed by atoms with Crippen LogP contribution in [0.5, 0.6) is 0 Å². The molecule has 3 aromatic rings. The maximum atomic E-state index is 11.2. The molecule has 8 heteroatoms. The third kappa shape index (κ3) is 2.54. The van der Waals surface area contributed by atoms with Gasteiger partial charge in [-0.15, -0.1) is 11.3 Å². The van der Waals surface area contributed by atoms with Gasteiger partial charge in [-0.05, 0) is 18.2 Å². The van der Waals surface area contributed by atoms with E-state index in [0.29, 0.717) is 10.9 Å². The molecule has 1 aromatic carbocycles. The Balaban J connectivity index is 1.64. The second kappa shape index (κ2) is 6.04. The van der Waals surface area contributed by atoms with Crippen molar-refractivity contribution in [3.05, 3.63) is 52.2 Å². The van der Waals surface area contributed by atoms with E-state index in [1.165, 1.54) is 0 Å². The minimum atomic E-state index is -0.353. The Morgan fingerprint density at radius 1 is 1.04 bits per heavy atom. The van der Waals surface area contributed by atoms with Crippen LogP contribution in [0.2, 0.25) is 0 Å². The third-order valence-electron chi connectivity index (χ3n) is 4.23. The Hall–Kier alpha value is -2.74. The molecule has 1 saturated heterocycles. The van der Waals surface area contributed by atoms with Crippen LogP contribution in [0.3, 0.4) is 0 Å². The minimum Gasteiger partial charge on any atom is -0.366 e. The van der Waals surface area contributed by atoms with Gasteiger partial charge in [-0.2, -0.15) is 0 Å². The Labute approximate surface area is 142 Å². The molecule has 0 atom stereocenters. The lowest BCUT2D eigenvalue weighted by atomic mass is 10.1. The number of pyridine rings is 1. The van der Waals surface area contributed by atoms with Crippen LogP contribution in [0.1, 0.15) is 0 Å². The molecule has 0 amide bonds. The van der Waals surface area contributed by atoms with Crippen molar-refractivity contribution in [1.82, 2.24) is 9.97 Å². The van der Waals surface area contributed by atoms with Gasteiger partial charge in [-0.1, -0.05) is 0 Å². The van der Waals surface area contributed by atoms with E-state index in [4.69, 9.17) is 0 Å². The van der Waals surface area contributed by atoms with E-state index in [0.717, 1.165) is 37.0 Å². The summed E-state index contributed by atoms with van der Waals surface area (Å²) in [5.74, 6) is 0. The fourth-order valence-corrected chi connectivity index (χ4v) is 3.76. The standard InChI is InChI=1S/C16H15N5O2S/c22-21(23)13-3-4-14(15-12(13)2-1-5-17-15)19-7-9-20(10-8-19)16-18-6-11-24-16/h1-6,11H,7-10H2. The van der Waals surface area contributed by atoms with Crippen molar-refractivity contribution in [1.29, 1.82) is 0 Å². The lowest BCUT2D eigenvalue weighted by molar-refractivity contribution is -0.383. The zero-order valence-electron chi connectivity index (χ0n) is 12.8. The maximum absolute atomic E-state index is 11.2. The molecule has 0 saturated carbocycles. The van der Waals surface area contributed by atoms with Gasteiger partial charge in [0, 0.05) is 50.0 Å². The van der Waals surface area contributed by atoms with Crippen LogP contribution >= 0.6 is 11.3 Å². The molecule has 4 rings (SSSR count). The van der Waals surface area contributed by atoms with E-state index in [-0.39, 0.29) is 10.6 Å². The molecule has 0 radical (unpaired) electrons. The molecule has 24 heavy (non-hydrogen) atoms. The van der Waals surface area contributed by atoms with Crippen molar-refractivity contribution < 1.29 is 4.92 Å². The van der Waals surface area contributed by atoms with Crippen LogP contribution in [-0.2, 0) is 0 Å². The number of nitro groups is 1. The van der Waals surface area contributed by atoms with Gasteiger partial charge in [-0.3, -0.25) is 15.1 Å². The number of nitro benzene ring substituents is 1. The highest BCUT2D eigenvalue weighted by molar-refractivity contribution is 7.13. The van der Waals surface area contributed by atoms with Gasteiger partial charge in [-0.25, -0.2) is 4.98 Å². The maximum Gasteiger partial charge on any atom is 0.278 e. The SMILES string of the molecule is O=[N+]([O-])c1ccc(N2CCN(c3nccs3)CC2)c2ncccc12. The molecule has 0 unspecified atom stereocenters. The van der Waals surface area contributed by atoms with E-state index in [1.54, 1.807) is 35.7 Å². The summed E-state index contributed by atoms with van der Waals surface area (Å²) in [5.41, 5.74) is 1.74. The number of non-ortho nitro benzene ring substituents is 1. The van der Waals surface area contributed by atoms with Crippen LogP contribution in [-0.4, -0.2) is 41.1 Å². The molecule has 0 N–H and O–H groups in total. The van der Waals surface area contributed by atoms with E-state index in [2.05, 4.69) is 19.8 Å². The lowest BCUT2D eigenvalue weighted by Gasteiger charge is -2.36. The molecule has 2 aromatic heterocycles. The third-order valence-corrected chi connectivity index (χ3v) is 5.06. The molecule has 0 bridgehead atoms. The van der Waals surface area contributed by atoms with Gasteiger partial charge in [0.25, 0.3) is 5.69 Å². The van der Waals surface area contributed by atoms with Crippen LogP contribution in [0.15, 0.2) is 42.0 Å². The van der Waals surface area contributed by atoms with Crippen LogP contribution in [0.25, 0.3) is 10.9 Å². The molecule has 1 aliphatic rings. The highest BCUT2D eigenvalue weighted by Gasteiger charge is 2.23. The average Bonchev–Trinajstić information content (AvgIpc) is 3.15. The molecule has 0 spiro atoms. The predicted molar refractivity (Wildman–Crippen MR) is 94.9 cm³/mol. The quantitative estimate of drug-likeness (QED) is 0.538. The van der Waals surface area contributed by atoms with Crippen molar-refractivity contribution in [3.8, 4) is 0 Å². The first kappa shape index (κ1) is 14.8. The first-order chi connectivity index (χ1) is 11.7. The lowest BCUT2D eigenvalue weighted by Crippen LogP contribution is -2.46. The summed E-state index contributed by atoms with van der Waals surface area (Å²) < 4.78 is 0. The van der Waals surface area contributed by atoms with Crippen molar-refractivity contribution in [2.75, 3.05) is 36.0 Å². The van der Waals surface area contributed by atoms with Gasteiger partial charge in [0.15, 0.2) is 5.13 Å². The van der Waals surface area contributed by atoms with Crippen molar-refractivity contribution in [3.63, 3.8) is 0 Å². The molecule has 7 nitrogen and oxygen atoms in total. The van der Waals surface area contributed by atoms with Crippen LogP contribution < -0.4 is 9.80 Å². The van der Waals surface area contributed by atoms with Gasteiger partial charge in [0.2, 0.25) is 0 Å². The first-order valence-electron chi connectivity index (χ1n) is 7.65. The molecular weight excluding hydrogens is 326 g/mol. The molecule has 3 heterocycles. The van der Waals surface area contributed by atoms with E-state index < -0.39 is 0 Å². The number of piperazine rings is 1. The van der Waals surface area contributed by atoms with Gasteiger partial charge < -0.3 is 9.80 Å². The fourth-order valence-electron chi connectivity index (χ4n) is 3.07. The summed E-state index contributed by atoms with van der Waals surface area (Å²) in [7, 11) is 0. The topological polar surface area (TPSA) is 75.4 Å². The summed E-state index contributed by atoms with van der Waals surface area (Å²) >= 11 is 1.64. The number of anilines is 2. The van der Waals surface area contributed by atoms with E-state index in [9.17, 15) is 10.1 Å². The second-order valence-electron chi connectivity index (χ2n) is 5.55. The highest BCUT2D eigenvalue weighted by atomic mass is 32.1. The molecule has 0 aliphatic carbocycles. The second-order valence-corrected chi connectivity index (χ2v) is 6.42. The molecule has 1 fully saturated rings. The largest absolute Gasteiger partial charge is 0.366 e. The number of rotatable bonds is 3. The number of fused-ring (bicyclic) bond motifs is 1. The zero-order valence-corrected chi connectivity index (χ0v) is 13.6. The number of hydrogen-bond donors (Lipinski definition) is 0. The molecule has 122 valence electrons. The number of hydrogen-bond acceptors (Lipinski definition) is 7. The van der Waals surface area contributed by atoms with Crippen LogP contribution in [0, 0.1) is 10.1 Å². The van der Waals surface area contributed by atoms with Gasteiger partial charge in [0.1, 0.15) is 5.52 Å². The predicted octanol–water partition coefficient (Wildman–Crippen LogP) is 2.93. The Morgan fingerprint density at radius 2 is 1.83 bits per heavy atom. The van der Waals surface area contributed by atoms with E-state index >= 15 is 0 Å². The number of nitrogens with zero attached hydrogens (tertiary/aromatic N) is 5. The molecular formula is C16H15N5O2S. The van der Waals surface area contributed by atoms with Gasteiger partial charge in [0.05, 0.1) is 16.0 Å². The number of thiazole rings is 1. The summed E-state index contributed by atoms with van der Waals surface area (Å²) in [4.78, 5) is 24.1. The zero-order chi connectivity index (χ0) is 16.5. The smallest absolute Gasteiger partial charge is 0.278 e. The summed E-state index contributed by atoms with van der Waals surface area (Å²) in [6.45, 7) is 3.42. The molecule has 1 aliphatic heterocycles. The summed E-state index contributed by atoms with van der Waals surface area (Å²) in [6, 6.07) is 6.88. The Kier molecular flexibility index (Phi) is 3.73. The van der Waals surface area contributed by atoms with E-state index in [1.807, 2.05) is 17.6 Å². The summed E-state index contributed by atoms with van der Waals surface area (Å²) in [5, 5.41) is 14.8. The fraction of sp³-hybridized carbons (Fsp3) is 0.250. The van der Waals surface area contributed by atoms with Crippen molar-refractivity contribution >= 4 is 38.7 Å². The van der Waals surface area contributed by atoms with Crippen molar-refractivity contribution in [2.45, 2.75) is 0 Å². The Bertz CT molecular complexity index is 875. The first-order valence-corrected chi connectivity index (χ1v) is 8.53. The normalized spacial score (nSPS) is 15.0. The summed E-state index contributed by atoms with van der Waals surface area (Å²) in [6.07, 6.45) is 3.50.